The Kier molecular flexibility index (Phi) is 2.48. The van der Waals surface area contributed by atoms with Crippen molar-refractivity contribution in [2.75, 3.05) is 0 Å². The number of aryl methyl sites for hydroxylation is 1. The molecule has 0 aliphatic rings. The van der Waals surface area contributed by atoms with E-state index in [2.05, 4.69) is 10.2 Å². The third-order valence-corrected chi connectivity index (χ3v) is 2.58. The van der Waals surface area contributed by atoms with Gasteiger partial charge in [0.05, 0.1) is 10.7 Å². The number of nitrogens with one attached hydrogen (secondary N) is 1. The fourth-order valence-corrected chi connectivity index (χ4v) is 1.68. The van der Waals surface area contributed by atoms with E-state index < -0.39 is 0 Å². The molecule has 0 aliphatic heterocycles. The third kappa shape index (κ3) is 1.63. The number of aromatic nitrogens is 2. The van der Waals surface area contributed by atoms with Crippen molar-refractivity contribution in [3.63, 3.8) is 0 Å². The summed E-state index contributed by atoms with van der Waals surface area (Å²) in [6, 6.07) is 5.34. The molecule has 2 aromatic rings. The van der Waals surface area contributed by atoms with Crippen LogP contribution in [0, 0.1) is 6.92 Å². The largest absolute Gasteiger partial charge is 0.285 e. The molecule has 1 aromatic heterocycles. The van der Waals surface area contributed by atoms with Gasteiger partial charge >= 0.3 is 0 Å². The lowest BCUT2D eigenvalue weighted by molar-refractivity contribution is 1.10. The molecule has 0 fully saturated rings. The van der Waals surface area contributed by atoms with Gasteiger partial charge in [-0.1, -0.05) is 23.2 Å². The van der Waals surface area contributed by atoms with E-state index in [1.807, 2.05) is 19.2 Å². The van der Waals surface area contributed by atoms with E-state index in [1.165, 1.54) is 0 Å². The molecule has 0 radical (unpaired) electrons. The predicted molar refractivity (Wildman–Crippen MR) is 58.8 cm³/mol. The van der Waals surface area contributed by atoms with Gasteiger partial charge < -0.3 is 0 Å². The first-order chi connectivity index (χ1) is 6.68. The first-order valence-electron chi connectivity index (χ1n) is 4.14. The van der Waals surface area contributed by atoms with E-state index in [0.29, 0.717) is 10.0 Å². The van der Waals surface area contributed by atoms with Gasteiger partial charge in [0, 0.05) is 16.8 Å². The summed E-state index contributed by atoms with van der Waals surface area (Å²) in [5.74, 6) is 0. The molecule has 0 saturated carbocycles. The fourth-order valence-electron chi connectivity index (χ4n) is 1.30. The molecule has 2 nitrogen and oxygen atoms in total. The standard InChI is InChI=1S/C10H8Cl2N2/c1-6-5-13-14-10(6)8-4-7(11)2-3-9(8)12/h2-5H,1H3,(H,13,14). The second-order valence-corrected chi connectivity index (χ2v) is 3.88. The van der Waals surface area contributed by atoms with Gasteiger partial charge in [-0.25, -0.2) is 0 Å². The molecule has 14 heavy (non-hydrogen) atoms. The number of hydrogen-bond donors (Lipinski definition) is 1. The Bertz CT molecular complexity index is 463. The second kappa shape index (κ2) is 3.64. The van der Waals surface area contributed by atoms with Gasteiger partial charge in [-0.2, -0.15) is 5.10 Å². The SMILES string of the molecule is Cc1c[nH]nc1-c1cc(Cl)ccc1Cl. The zero-order valence-corrected chi connectivity index (χ0v) is 9.02. The summed E-state index contributed by atoms with van der Waals surface area (Å²) in [5.41, 5.74) is 2.75. The molecule has 0 aliphatic carbocycles. The van der Waals surface area contributed by atoms with E-state index in [1.54, 1.807) is 12.1 Å². The topological polar surface area (TPSA) is 28.7 Å². The van der Waals surface area contributed by atoms with Gasteiger partial charge in [-0.15, -0.1) is 0 Å². The van der Waals surface area contributed by atoms with Crippen LogP contribution in [-0.4, -0.2) is 10.2 Å². The first-order valence-corrected chi connectivity index (χ1v) is 4.90. The monoisotopic (exact) mass is 226 g/mol. The van der Waals surface area contributed by atoms with Crippen molar-refractivity contribution < 1.29 is 0 Å². The van der Waals surface area contributed by atoms with Gasteiger partial charge in [0.1, 0.15) is 0 Å². The average molecular weight is 227 g/mol. The van der Waals surface area contributed by atoms with Crippen LogP contribution in [0.25, 0.3) is 11.3 Å². The Hall–Kier alpha value is -0.990. The Morgan fingerprint density at radius 3 is 2.71 bits per heavy atom. The van der Waals surface area contributed by atoms with Gasteiger partial charge in [-0.3, -0.25) is 5.10 Å². The molecule has 0 atom stereocenters. The summed E-state index contributed by atoms with van der Waals surface area (Å²) >= 11 is 11.9. The first kappa shape index (κ1) is 9.56. The van der Waals surface area contributed by atoms with Crippen LogP contribution in [0.3, 0.4) is 0 Å². The lowest BCUT2D eigenvalue weighted by Gasteiger charge is -2.02. The molecule has 0 spiro atoms. The van der Waals surface area contributed by atoms with Crippen LogP contribution in [0.2, 0.25) is 10.0 Å². The average Bonchev–Trinajstić information content (AvgIpc) is 2.56. The summed E-state index contributed by atoms with van der Waals surface area (Å²) in [4.78, 5) is 0. The van der Waals surface area contributed by atoms with Crippen LogP contribution in [0.15, 0.2) is 24.4 Å². The number of rotatable bonds is 1. The van der Waals surface area contributed by atoms with Crippen LogP contribution >= 0.6 is 23.2 Å². The van der Waals surface area contributed by atoms with Crippen molar-refractivity contribution in [1.29, 1.82) is 0 Å². The molecule has 0 amide bonds. The summed E-state index contributed by atoms with van der Waals surface area (Å²) in [5, 5.41) is 8.23. The Labute approximate surface area is 91.9 Å². The summed E-state index contributed by atoms with van der Waals surface area (Å²) < 4.78 is 0. The molecular weight excluding hydrogens is 219 g/mol. The molecule has 0 bridgehead atoms. The molecule has 0 saturated heterocycles. The maximum atomic E-state index is 6.05. The van der Waals surface area contributed by atoms with Crippen molar-refractivity contribution in [3.8, 4) is 11.3 Å². The number of hydrogen-bond acceptors (Lipinski definition) is 1. The molecule has 72 valence electrons. The maximum Gasteiger partial charge on any atom is 0.0965 e. The lowest BCUT2D eigenvalue weighted by Crippen LogP contribution is -1.82. The smallest absolute Gasteiger partial charge is 0.0965 e. The highest BCUT2D eigenvalue weighted by molar-refractivity contribution is 6.35. The van der Waals surface area contributed by atoms with E-state index >= 15 is 0 Å². The van der Waals surface area contributed by atoms with E-state index in [9.17, 15) is 0 Å². The molecule has 2 rings (SSSR count). The number of H-pyrrole nitrogens is 1. The van der Waals surface area contributed by atoms with Gasteiger partial charge in [0.15, 0.2) is 0 Å². The van der Waals surface area contributed by atoms with Crippen LogP contribution < -0.4 is 0 Å². The molecular formula is C10H8Cl2N2. The molecule has 1 N–H and O–H groups in total. The van der Waals surface area contributed by atoms with Crippen molar-refractivity contribution in [2.45, 2.75) is 6.92 Å². The zero-order valence-electron chi connectivity index (χ0n) is 7.51. The fraction of sp³-hybridized carbons (Fsp3) is 0.100. The van der Waals surface area contributed by atoms with Crippen LogP contribution in [0.1, 0.15) is 5.56 Å². The Morgan fingerprint density at radius 2 is 2.07 bits per heavy atom. The van der Waals surface area contributed by atoms with Crippen molar-refractivity contribution >= 4 is 23.2 Å². The second-order valence-electron chi connectivity index (χ2n) is 3.04. The number of nitrogens with zero attached hydrogens (tertiary/aromatic N) is 1. The van der Waals surface area contributed by atoms with Crippen LogP contribution in [0.4, 0.5) is 0 Å². The van der Waals surface area contributed by atoms with Gasteiger partial charge in [0.2, 0.25) is 0 Å². The minimum atomic E-state index is 0.657. The van der Waals surface area contributed by atoms with Gasteiger partial charge in [0.25, 0.3) is 0 Å². The summed E-state index contributed by atoms with van der Waals surface area (Å²) in [6.45, 7) is 1.97. The molecule has 0 unspecified atom stereocenters. The molecule has 4 heteroatoms. The number of aromatic amines is 1. The predicted octanol–water partition coefficient (Wildman–Crippen LogP) is 3.69. The minimum absolute atomic E-state index is 0.657. The lowest BCUT2D eigenvalue weighted by atomic mass is 10.1. The van der Waals surface area contributed by atoms with E-state index in [4.69, 9.17) is 23.2 Å². The summed E-state index contributed by atoms with van der Waals surface area (Å²) in [7, 11) is 0. The van der Waals surface area contributed by atoms with Crippen molar-refractivity contribution in [2.24, 2.45) is 0 Å². The highest BCUT2D eigenvalue weighted by Gasteiger charge is 2.09. The highest BCUT2D eigenvalue weighted by atomic mass is 35.5. The van der Waals surface area contributed by atoms with Crippen LogP contribution in [0.5, 0.6) is 0 Å². The third-order valence-electron chi connectivity index (χ3n) is 2.01. The zero-order chi connectivity index (χ0) is 10.1. The Morgan fingerprint density at radius 1 is 1.29 bits per heavy atom. The Balaban J connectivity index is 2.62. The molecule has 1 heterocycles. The normalized spacial score (nSPS) is 10.5. The van der Waals surface area contributed by atoms with E-state index in [-0.39, 0.29) is 0 Å². The van der Waals surface area contributed by atoms with Gasteiger partial charge in [-0.05, 0) is 30.7 Å². The van der Waals surface area contributed by atoms with Crippen molar-refractivity contribution in [3.05, 3.63) is 40.0 Å². The quantitative estimate of drug-likeness (QED) is 0.790. The number of benzene rings is 1. The minimum Gasteiger partial charge on any atom is -0.285 e. The summed E-state index contributed by atoms with van der Waals surface area (Å²) in [6.07, 6.45) is 1.83. The van der Waals surface area contributed by atoms with Crippen molar-refractivity contribution in [1.82, 2.24) is 10.2 Å². The number of halogens is 2. The highest BCUT2D eigenvalue weighted by Crippen LogP contribution is 2.30. The maximum absolute atomic E-state index is 6.05. The molecule has 1 aromatic carbocycles. The van der Waals surface area contributed by atoms with Crippen LogP contribution in [-0.2, 0) is 0 Å². The van der Waals surface area contributed by atoms with E-state index in [0.717, 1.165) is 16.8 Å².